The van der Waals surface area contributed by atoms with Gasteiger partial charge in [0.2, 0.25) is 6.79 Å². The van der Waals surface area contributed by atoms with Gasteiger partial charge in [-0.1, -0.05) is 5.16 Å². The summed E-state index contributed by atoms with van der Waals surface area (Å²) in [5, 5.41) is 7.37. The van der Waals surface area contributed by atoms with E-state index in [-0.39, 0.29) is 32.5 Å². The maximum atomic E-state index is 12.5. The van der Waals surface area contributed by atoms with Crippen molar-refractivity contribution in [2.45, 2.75) is 39.2 Å². The first kappa shape index (κ1) is 22.4. The van der Waals surface area contributed by atoms with E-state index in [2.05, 4.69) is 10.5 Å². The number of nitrogens with one attached hydrogen (secondary N) is 1. The Hall–Kier alpha value is -3.37. The van der Waals surface area contributed by atoms with Crippen molar-refractivity contribution in [2.75, 3.05) is 25.3 Å². The lowest BCUT2D eigenvalue weighted by Crippen LogP contribution is -2.20. The largest absolute Gasteiger partial charge is 0.462 e. The highest BCUT2D eigenvalue weighted by Gasteiger charge is 2.27. The average molecular weight is 485 g/mol. The van der Waals surface area contributed by atoms with Gasteiger partial charge in [0.05, 0.1) is 18.8 Å². The molecule has 0 fully saturated rings. The van der Waals surface area contributed by atoms with Gasteiger partial charge in [-0.3, -0.25) is 4.79 Å². The van der Waals surface area contributed by atoms with Gasteiger partial charge in [0.25, 0.3) is 5.91 Å². The number of hydrogen-bond acceptors (Lipinski definition) is 9. The van der Waals surface area contributed by atoms with Crippen LogP contribution in [0.15, 0.2) is 28.8 Å². The van der Waals surface area contributed by atoms with Gasteiger partial charge in [-0.05, 0) is 56.4 Å². The fourth-order valence-corrected chi connectivity index (χ4v) is 5.34. The van der Waals surface area contributed by atoms with Crippen LogP contribution in [0.2, 0.25) is 0 Å². The van der Waals surface area contributed by atoms with Crippen molar-refractivity contribution in [3.63, 3.8) is 0 Å². The molecular weight excluding hydrogens is 460 g/mol. The molecule has 0 unspecified atom stereocenters. The molecule has 9 nitrogen and oxygen atoms in total. The average Bonchev–Trinajstić information content (AvgIpc) is 3.56. The quantitative estimate of drug-likeness (QED) is 0.470. The van der Waals surface area contributed by atoms with E-state index in [9.17, 15) is 9.59 Å². The highest BCUT2D eigenvalue weighted by atomic mass is 32.1. The van der Waals surface area contributed by atoms with E-state index < -0.39 is 5.97 Å². The van der Waals surface area contributed by atoms with Crippen LogP contribution in [-0.4, -0.2) is 37.0 Å². The molecule has 178 valence electrons. The molecule has 5 rings (SSSR count). The van der Waals surface area contributed by atoms with Gasteiger partial charge in [0.1, 0.15) is 17.3 Å². The van der Waals surface area contributed by atoms with Gasteiger partial charge in [-0.2, -0.15) is 0 Å². The van der Waals surface area contributed by atoms with E-state index in [1.807, 2.05) is 18.2 Å². The van der Waals surface area contributed by atoms with E-state index in [1.54, 1.807) is 13.0 Å². The van der Waals surface area contributed by atoms with Crippen molar-refractivity contribution in [2.24, 2.45) is 0 Å². The van der Waals surface area contributed by atoms with Crippen LogP contribution in [0.25, 0.3) is 11.3 Å². The molecule has 3 heterocycles. The smallest absolute Gasteiger partial charge is 0.341 e. The number of thiophene rings is 1. The SMILES string of the molecule is CCOC(=O)c1c(NC(=O)COCc2cc(-c3ccc4c(c3)OCO4)on2)sc2c1CCCC2. The minimum Gasteiger partial charge on any atom is -0.462 e. The fourth-order valence-electron chi connectivity index (χ4n) is 4.05. The van der Waals surface area contributed by atoms with Crippen molar-refractivity contribution in [1.29, 1.82) is 0 Å². The monoisotopic (exact) mass is 484 g/mol. The maximum absolute atomic E-state index is 12.5. The summed E-state index contributed by atoms with van der Waals surface area (Å²) < 4.78 is 26.9. The van der Waals surface area contributed by atoms with Crippen molar-refractivity contribution < 1.29 is 33.1 Å². The van der Waals surface area contributed by atoms with Crippen LogP contribution in [0.3, 0.4) is 0 Å². The normalized spacial score (nSPS) is 14.0. The number of fused-ring (bicyclic) bond motifs is 2. The predicted molar refractivity (Wildman–Crippen MR) is 123 cm³/mol. The molecule has 0 bridgehead atoms. The number of esters is 1. The van der Waals surface area contributed by atoms with Crippen LogP contribution in [-0.2, 0) is 33.7 Å². The number of carbonyl (C=O) groups is 2. The molecular formula is C24H24N2O7S. The summed E-state index contributed by atoms with van der Waals surface area (Å²) in [5.41, 5.74) is 2.84. The Labute approximate surface area is 199 Å². The first-order valence-electron chi connectivity index (χ1n) is 11.2. The number of hydrogen-bond donors (Lipinski definition) is 1. The van der Waals surface area contributed by atoms with E-state index in [0.717, 1.165) is 41.7 Å². The number of rotatable bonds is 8. The van der Waals surface area contributed by atoms with E-state index in [4.69, 9.17) is 23.5 Å². The van der Waals surface area contributed by atoms with E-state index >= 15 is 0 Å². The Bertz CT molecular complexity index is 1220. The van der Waals surface area contributed by atoms with Crippen LogP contribution in [0.5, 0.6) is 11.5 Å². The van der Waals surface area contributed by atoms with Crippen LogP contribution in [0.1, 0.15) is 46.3 Å². The molecule has 1 aromatic carbocycles. The number of anilines is 1. The van der Waals surface area contributed by atoms with Crippen molar-refractivity contribution in [3.8, 4) is 22.8 Å². The molecule has 0 atom stereocenters. The first-order chi connectivity index (χ1) is 16.6. The third-order valence-corrected chi connectivity index (χ3v) is 6.81. The molecule has 1 N–H and O–H groups in total. The summed E-state index contributed by atoms with van der Waals surface area (Å²) in [6.07, 6.45) is 3.84. The Morgan fingerprint density at radius 1 is 1.15 bits per heavy atom. The fraction of sp³-hybridized carbons (Fsp3) is 0.375. The number of benzene rings is 1. The lowest BCUT2D eigenvalue weighted by Gasteiger charge is -2.12. The lowest BCUT2D eigenvalue weighted by atomic mass is 9.95. The minimum absolute atomic E-state index is 0.104. The van der Waals surface area contributed by atoms with Crippen molar-refractivity contribution in [1.82, 2.24) is 5.16 Å². The molecule has 0 saturated carbocycles. The molecule has 2 aliphatic rings. The number of ether oxygens (including phenoxy) is 4. The summed E-state index contributed by atoms with van der Waals surface area (Å²) in [6, 6.07) is 7.24. The van der Waals surface area contributed by atoms with E-state index in [1.165, 1.54) is 11.3 Å². The van der Waals surface area contributed by atoms with Gasteiger partial charge in [-0.25, -0.2) is 4.79 Å². The summed E-state index contributed by atoms with van der Waals surface area (Å²) in [6.45, 7) is 2.17. The molecule has 1 aliphatic heterocycles. The second kappa shape index (κ2) is 9.86. The van der Waals surface area contributed by atoms with E-state index in [0.29, 0.717) is 33.5 Å². The highest BCUT2D eigenvalue weighted by Crippen LogP contribution is 2.39. The Balaban J connectivity index is 1.18. The van der Waals surface area contributed by atoms with Gasteiger partial charge < -0.3 is 28.8 Å². The summed E-state index contributed by atoms with van der Waals surface area (Å²) in [4.78, 5) is 26.2. The van der Waals surface area contributed by atoms with Crippen molar-refractivity contribution >= 4 is 28.2 Å². The summed E-state index contributed by atoms with van der Waals surface area (Å²) >= 11 is 1.45. The lowest BCUT2D eigenvalue weighted by molar-refractivity contribution is -0.121. The molecule has 1 amide bonds. The molecule has 3 aromatic rings. The third-order valence-electron chi connectivity index (χ3n) is 5.60. The molecule has 0 radical (unpaired) electrons. The van der Waals surface area contributed by atoms with Gasteiger partial charge in [0.15, 0.2) is 17.3 Å². The summed E-state index contributed by atoms with van der Waals surface area (Å²) in [5.74, 6) is 1.17. The Morgan fingerprint density at radius 2 is 2.00 bits per heavy atom. The standard InChI is InChI=1S/C24H24N2O7S/c1-2-30-24(28)22-16-5-3-4-6-20(16)34-23(22)25-21(27)12-29-11-15-10-18(33-26-15)14-7-8-17-19(9-14)32-13-31-17/h7-10H,2-6,11-13H2,1H3,(H,25,27). The van der Waals surface area contributed by atoms with Crippen LogP contribution < -0.4 is 14.8 Å². The molecule has 1 aliphatic carbocycles. The maximum Gasteiger partial charge on any atom is 0.341 e. The second-order valence-corrected chi connectivity index (χ2v) is 9.03. The Morgan fingerprint density at radius 3 is 2.88 bits per heavy atom. The number of nitrogens with zero attached hydrogens (tertiary/aromatic N) is 1. The number of aromatic nitrogens is 1. The first-order valence-corrected chi connectivity index (χ1v) is 12.0. The predicted octanol–water partition coefficient (Wildman–Crippen LogP) is 4.34. The van der Waals surface area contributed by atoms with Crippen LogP contribution in [0, 0.1) is 0 Å². The minimum atomic E-state index is -0.392. The van der Waals surface area contributed by atoms with Crippen molar-refractivity contribution in [3.05, 3.63) is 46.0 Å². The van der Waals surface area contributed by atoms with Crippen LogP contribution in [0.4, 0.5) is 5.00 Å². The zero-order valence-electron chi connectivity index (χ0n) is 18.7. The zero-order valence-corrected chi connectivity index (χ0v) is 19.5. The molecule has 34 heavy (non-hydrogen) atoms. The molecule has 10 heteroatoms. The molecule has 0 saturated heterocycles. The number of carbonyl (C=O) groups excluding carboxylic acids is 2. The molecule has 0 spiro atoms. The van der Waals surface area contributed by atoms with Gasteiger partial charge in [-0.15, -0.1) is 11.3 Å². The highest BCUT2D eigenvalue weighted by molar-refractivity contribution is 7.17. The van der Waals surface area contributed by atoms with Gasteiger partial charge >= 0.3 is 5.97 Å². The zero-order chi connectivity index (χ0) is 23.5. The second-order valence-electron chi connectivity index (χ2n) is 7.93. The molecule has 2 aromatic heterocycles. The number of amides is 1. The van der Waals surface area contributed by atoms with Crippen LogP contribution >= 0.6 is 11.3 Å². The third kappa shape index (κ3) is 4.64. The van der Waals surface area contributed by atoms with Gasteiger partial charge in [0, 0.05) is 16.5 Å². The number of aryl methyl sites for hydroxylation is 1. The Kier molecular flexibility index (Phi) is 6.50. The summed E-state index contributed by atoms with van der Waals surface area (Å²) in [7, 11) is 0. The topological polar surface area (TPSA) is 109 Å².